The minimum atomic E-state index is -0.813. The van der Waals surface area contributed by atoms with Crippen LogP contribution in [0.15, 0.2) is 12.7 Å². The lowest BCUT2D eigenvalue weighted by molar-refractivity contribution is -0.156. The van der Waals surface area contributed by atoms with E-state index in [2.05, 4.69) is 11.9 Å². The predicted octanol–water partition coefficient (Wildman–Crippen LogP) is 1.79. The number of alkyl carbamates (subject to hydrolysis) is 1. The maximum Gasteiger partial charge on any atom is 0.407 e. The van der Waals surface area contributed by atoms with Crippen LogP contribution in [0.2, 0.25) is 0 Å². The molecule has 4 atom stereocenters. The zero-order chi connectivity index (χ0) is 13.1. The van der Waals surface area contributed by atoms with E-state index < -0.39 is 18.0 Å². The highest BCUT2D eigenvalue weighted by Gasteiger charge is 2.55. The SMILES string of the molecule is C=CCOC(=O)NC1C2CCCCC2C1C(=O)O. The molecule has 5 nitrogen and oxygen atoms in total. The van der Waals surface area contributed by atoms with Crippen LogP contribution in [0.1, 0.15) is 25.7 Å². The smallest absolute Gasteiger partial charge is 0.407 e. The maximum atomic E-state index is 11.5. The van der Waals surface area contributed by atoms with Crippen LogP contribution in [-0.2, 0) is 9.53 Å². The van der Waals surface area contributed by atoms with Gasteiger partial charge in [-0.1, -0.05) is 25.5 Å². The predicted molar refractivity (Wildman–Crippen MR) is 65.0 cm³/mol. The van der Waals surface area contributed by atoms with Gasteiger partial charge in [0, 0.05) is 6.04 Å². The van der Waals surface area contributed by atoms with Crippen LogP contribution >= 0.6 is 0 Å². The van der Waals surface area contributed by atoms with Gasteiger partial charge in [-0.05, 0) is 24.7 Å². The van der Waals surface area contributed by atoms with Gasteiger partial charge in [0.25, 0.3) is 0 Å². The van der Waals surface area contributed by atoms with E-state index in [4.69, 9.17) is 4.74 Å². The topological polar surface area (TPSA) is 75.6 Å². The average Bonchev–Trinajstić information content (AvgIpc) is 2.33. The molecule has 2 saturated carbocycles. The Hall–Kier alpha value is -1.52. The van der Waals surface area contributed by atoms with E-state index in [1.54, 1.807) is 0 Å². The molecule has 5 heteroatoms. The molecule has 100 valence electrons. The molecule has 0 aromatic rings. The molecule has 1 amide bonds. The highest BCUT2D eigenvalue weighted by Crippen LogP contribution is 2.49. The zero-order valence-electron chi connectivity index (χ0n) is 10.3. The number of amides is 1. The normalized spacial score (nSPS) is 33.8. The number of carboxylic acid groups (broad SMARTS) is 1. The van der Waals surface area contributed by atoms with Crippen LogP contribution in [0.25, 0.3) is 0 Å². The number of hydrogen-bond acceptors (Lipinski definition) is 3. The lowest BCUT2D eigenvalue weighted by Crippen LogP contribution is -2.63. The van der Waals surface area contributed by atoms with E-state index in [1.807, 2.05) is 0 Å². The Morgan fingerprint density at radius 3 is 2.61 bits per heavy atom. The second-order valence-electron chi connectivity index (χ2n) is 5.03. The zero-order valence-corrected chi connectivity index (χ0v) is 10.3. The summed E-state index contributed by atoms with van der Waals surface area (Å²) in [5.74, 6) is -0.740. The lowest BCUT2D eigenvalue weighted by atomic mass is 9.55. The third-order valence-corrected chi connectivity index (χ3v) is 4.09. The third kappa shape index (κ3) is 2.35. The van der Waals surface area contributed by atoms with Crippen molar-refractivity contribution in [3.05, 3.63) is 12.7 Å². The second kappa shape index (κ2) is 5.42. The fourth-order valence-corrected chi connectivity index (χ4v) is 3.31. The molecular weight excluding hydrogens is 234 g/mol. The van der Waals surface area contributed by atoms with E-state index in [1.165, 1.54) is 6.08 Å². The quantitative estimate of drug-likeness (QED) is 0.749. The molecule has 18 heavy (non-hydrogen) atoms. The number of fused-ring (bicyclic) bond motifs is 1. The first kappa shape index (κ1) is 12.9. The fraction of sp³-hybridized carbons (Fsp3) is 0.692. The number of ether oxygens (including phenoxy) is 1. The van der Waals surface area contributed by atoms with Crippen LogP contribution in [0.3, 0.4) is 0 Å². The molecule has 2 fully saturated rings. The van der Waals surface area contributed by atoms with Crippen molar-refractivity contribution in [2.24, 2.45) is 17.8 Å². The summed E-state index contributed by atoms with van der Waals surface area (Å²) in [6.07, 6.45) is 5.11. The Balaban J connectivity index is 1.94. The van der Waals surface area contributed by atoms with Crippen molar-refractivity contribution in [2.75, 3.05) is 6.61 Å². The Morgan fingerprint density at radius 2 is 2.00 bits per heavy atom. The largest absolute Gasteiger partial charge is 0.481 e. The summed E-state index contributed by atoms with van der Waals surface area (Å²) < 4.78 is 4.84. The molecule has 0 aliphatic heterocycles. The molecule has 0 saturated heterocycles. The number of aliphatic carboxylic acids is 1. The van der Waals surface area contributed by atoms with Crippen molar-refractivity contribution in [3.63, 3.8) is 0 Å². The summed E-state index contributed by atoms with van der Waals surface area (Å²) in [7, 11) is 0. The summed E-state index contributed by atoms with van der Waals surface area (Å²) in [6.45, 7) is 3.60. The summed E-state index contributed by atoms with van der Waals surface area (Å²) >= 11 is 0. The van der Waals surface area contributed by atoms with E-state index in [9.17, 15) is 14.7 Å². The summed E-state index contributed by atoms with van der Waals surface area (Å²) in [5.41, 5.74) is 0. The summed E-state index contributed by atoms with van der Waals surface area (Å²) in [4.78, 5) is 22.7. The van der Waals surface area contributed by atoms with Crippen molar-refractivity contribution in [1.29, 1.82) is 0 Å². The highest BCUT2D eigenvalue weighted by molar-refractivity contribution is 5.75. The molecule has 0 aromatic heterocycles. The Labute approximate surface area is 106 Å². The minimum Gasteiger partial charge on any atom is -0.481 e. The van der Waals surface area contributed by atoms with Gasteiger partial charge in [-0.15, -0.1) is 0 Å². The first-order valence-corrected chi connectivity index (χ1v) is 6.42. The van der Waals surface area contributed by atoms with Crippen molar-refractivity contribution in [3.8, 4) is 0 Å². The first-order valence-electron chi connectivity index (χ1n) is 6.42. The molecule has 0 aromatic carbocycles. The van der Waals surface area contributed by atoms with E-state index in [0.717, 1.165) is 25.7 Å². The molecule has 4 unspecified atom stereocenters. The van der Waals surface area contributed by atoms with Crippen LogP contribution in [0.4, 0.5) is 4.79 Å². The van der Waals surface area contributed by atoms with E-state index >= 15 is 0 Å². The lowest BCUT2D eigenvalue weighted by Gasteiger charge is -2.52. The van der Waals surface area contributed by atoms with Gasteiger partial charge in [-0.3, -0.25) is 4.79 Å². The first-order chi connectivity index (χ1) is 8.65. The molecule has 0 bridgehead atoms. The third-order valence-electron chi connectivity index (χ3n) is 4.09. The monoisotopic (exact) mass is 253 g/mol. The van der Waals surface area contributed by atoms with Gasteiger partial charge in [-0.2, -0.15) is 0 Å². The van der Waals surface area contributed by atoms with Gasteiger partial charge in [0.1, 0.15) is 6.61 Å². The standard InChI is InChI=1S/C13H19NO4/c1-2-7-18-13(17)14-11-9-6-4-3-5-8(9)10(11)12(15)16/h2,8-11H,1,3-7H2,(H,14,17)(H,15,16). The molecule has 0 spiro atoms. The van der Waals surface area contributed by atoms with Crippen molar-refractivity contribution < 1.29 is 19.4 Å². The van der Waals surface area contributed by atoms with Gasteiger partial charge in [0.15, 0.2) is 0 Å². The summed E-state index contributed by atoms with van der Waals surface area (Å²) in [5, 5.41) is 11.9. The van der Waals surface area contributed by atoms with E-state index in [-0.39, 0.29) is 18.6 Å². The summed E-state index contributed by atoms with van der Waals surface area (Å²) in [6, 6.07) is -0.273. The Bertz CT molecular complexity index is 355. The van der Waals surface area contributed by atoms with Crippen LogP contribution in [-0.4, -0.2) is 29.8 Å². The van der Waals surface area contributed by atoms with Crippen LogP contribution in [0, 0.1) is 17.8 Å². The number of carboxylic acids is 1. The number of carbonyl (C=O) groups excluding carboxylic acids is 1. The van der Waals surface area contributed by atoms with E-state index in [0.29, 0.717) is 5.92 Å². The van der Waals surface area contributed by atoms with Gasteiger partial charge in [0.2, 0.25) is 0 Å². The molecule has 2 N–H and O–H groups in total. The van der Waals surface area contributed by atoms with Crippen LogP contribution in [0.5, 0.6) is 0 Å². The molecule has 0 radical (unpaired) electrons. The number of rotatable bonds is 4. The highest BCUT2D eigenvalue weighted by atomic mass is 16.5. The molecule has 2 aliphatic carbocycles. The number of carbonyl (C=O) groups is 2. The van der Waals surface area contributed by atoms with Gasteiger partial charge in [-0.25, -0.2) is 4.79 Å². The maximum absolute atomic E-state index is 11.5. The number of hydrogen-bond donors (Lipinski definition) is 2. The van der Waals surface area contributed by atoms with Crippen molar-refractivity contribution in [1.82, 2.24) is 5.32 Å². The van der Waals surface area contributed by atoms with Gasteiger partial charge < -0.3 is 15.2 Å². The van der Waals surface area contributed by atoms with Gasteiger partial charge >= 0.3 is 12.1 Å². The molecule has 0 heterocycles. The second-order valence-corrected chi connectivity index (χ2v) is 5.03. The minimum absolute atomic E-state index is 0.143. The van der Waals surface area contributed by atoms with Crippen molar-refractivity contribution in [2.45, 2.75) is 31.7 Å². The average molecular weight is 253 g/mol. The van der Waals surface area contributed by atoms with Gasteiger partial charge in [0.05, 0.1) is 5.92 Å². The number of nitrogens with one attached hydrogen (secondary N) is 1. The molecule has 2 aliphatic rings. The molecular formula is C13H19NO4. The molecule has 2 rings (SSSR count). The van der Waals surface area contributed by atoms with Crippen LogP contribution < -0.4 is 5.32 Å². The Kier molecular flexibility index (Phi) is 3.89. The van der Waals surface area contributed by atoms with Crippen molar-refractivity contribution >= 4 is 12.1 Å². The Morgan fingerprint density at radius 1 is 1.33 bits per heavy atom. The fourth-order valence-electron chi connectivity index (χ4n) is 3.31.